The fraction of sp³-hybridized carbons (Fsp3) is 0.375. The quantitative estimate of drug-likeness (QED) is 0.465. The number of hydrogen-bond donors (Lipinski definition) is 2. The lowest BCUT2D eigenvalue weighted by Crippen LogP contribution is -2.30. The van der Waals surface area contributed by atoms with Gasteiger partial charge in [0.15, 0.2) is 0 Å². The van der Waals surface area contributed by atoms with Gasteiger partial charge in [-0.3, -0.25) is 4.79 Å². The third-order valence-electron chi connectivity index (χ3n) is 5.74. The van der Waals surface area contributed by atoms with E-state index in [1.165, 1.54) is 57.3 Å². The Balaban J connectivity index is 1.28. The number of piperidine rings is 1. The number of carbonyl (C=O) groups excluding carboxylic acids is 1. The number of carbonyl (C=O) groups is 1. The molecule has 0 saturated carbocycles. The molecule has 4 nitrogen and oxygen atoms in total. The molecule has 0 spiro atoms. The molecule has 0 aliphatic carbocycles. The van der Waals surface area contributed by atoms with Gasteiger partial charge in [0, 0.05) is 28.2 Å². The van der Waals surface area contributed by atoms with Gasteiger partial charge < -0.3 is 15.5 Å². The summed E-state index contributed by atoms with van der Waals surface area (Å²) in [5.41, 5.74) is 4.56. The number of nitrogens with one attached hydrogen (secondary N) is 2. The summed E-state index contributed by atoms with van der Waals surface area (Å²) in [6.45, 7) is 3.80. The number of unbranched alkanes of at least 4 members (excludes halogenated alkanes) is 1. The Bertz CT molecular complexity index is 885. The largest absolute Gasteiger partial charge is 0.361 e. The van der Waals surface area contributed by atoms with E-state index in [0.717, 1.165) is 23.4 Å². The van der Waals surface area contributed by atoms with Gasteiger partial charge in [-0.2, -0.15) is 0 Å². The van der Waals surface area contributed by atoms with Crippen LogP contribution >= 0.6 is 11.6 Å². The maximum absolute atomic E-state index is 12.2. The number of benzene rings is 2. The van der Waals surface area contributed by atoms with Gasteiger partial charge in [0.25, 0.3) is 5.91 Å². The smallest absolute Gasteiger partial charge is 0.257 e. The average molecular weight is 410 g/mol. The van der Waals surface area contributed by atoms with Gasteiger partial charge in [-0.1, -0.05) is 30.2 Å². The van der Waals surface area contributed by atoms with Crippen LogP contribution in [-0.4, -0.2) is 30.4 Å². The number of anilines is 2. The molecule has 5 heteroatoms. The Hall–Kier alpha value is -2.30. The summed E-state index contributed by atoms with van der Waals surface area (Å²) in [5.74, 6) is -0.111. The van der Waals surface area contributed by atoms with Crippen LogP contribution in [0.1, 0.15) is 43.2 Å². The first-order chi connectivity index (χ1) is 14.2. The SMILES string of the molecule is O=C1Nc2ccc(Cl)cc2C1=CNc1ccc(CCCCN2CCCCC2)cc1. The van der Waals surface area contributed by atoms with Gasteiger partial charge in [-0.05, 0) is 87.6 Å². The van der Waals surface area contributed by atoms with E-state index >= 15 is 0 Å². The molecule has 4 rings (SSSR count). The molecule has 1 amide bonds. The van der Waals surface area contributed by atoms with Crippen molar-refractivity contribution in [1.29, 1.82) is 0 Å². The Morgan fingerprint density at radius 1 is 1.03 bits per heavy atom. The monoisotopic (exact) mass is 409 g/mol. The fourth-order valence-corrected chi connectivity index (χ4v) is 4.25. The molecule has 2 aromatic rings. The topological polar surface area (TPSA) is 44.4 Å². The summed E-state index contributed by atoms with van der Waals surface area (Å²) in [4.78, 5) is 14.8. The van der Waals surface area contributed by atoms with Crippen LogP contribution in [-0.2, 0) is 11.2 Å². The van der Waals surface area contributed by atoms with Crippen molar-refractivity contribution in [3.8, 4) is 0 Å². The normalized spacial score (nSPS) is 18.0. The Morgan fingerprint density at radius 2 is 1.83 bits per heavy atom. The Morgan fingerprint density at radius 3 is 2.62 bits per heavy atom. The maximum atomic E-state index is 12.2. The average Bonchev–Trinajstić information content (AvgIpc) is 3.05. The van der Waals surface area contributed by atoms with E-state index in [-0.39, 0.29) is 5.91 Å². The number of halogens is 1. The highest BCUT2D eigenvalue weighted by Gasteiger charge is 2.24. The van der Waals surface area contributed by atoms with E-state index < -0.39 is 0 Å². The van der Waals surface area contributed by atoms with Crippen molar-refractivity contribution in [3.63, 3.8) is 0 Å². The standard InChI is InChI=1S/C24H28ClN3O/c25-19-9-12-23-21(16-19)22(24(29)27-23)17-26-20-10-7-18(8-11-20)6-2-5-15-28-13-3-1-4-14-28/h7-12,16-17,26H,1-6,13-15H2,(H,27,29). The van der Waals surface area contributed by atoms with Crippen LogP contribution < -0.4 is 10.6 Å². The summed E-state index contributed by atoms with van der Waals surface area (Å²) in [7, 11) is 0. The molecule has 2 heterocycles. The number of hydrogen-bond acceptors (Lipinski definition) is 3. The molecular formula is C24H28ClN3O. The van der Waals surface area contributed by atoms with Gasteiger partial charge in [0.1, 0.15) is 0 Å². The molecule has 1 saturated heterocycles. The predicted molar refractivity (Wildman–Crippen MR) is 121 cm³/mol. The molecule has 2 aromatic carbocycles. The van der Waals surface area contributed by atoms with Gasteiger partial charge in [-0.25, -0.2) is 0 Å². The van der Waals surface area contributed by atoms with Crippen molar-refractivity contribution >= 4 is 34.5 Å². The lowest BCUT2D eigenvalue weighted by atomic mass is 10.1. The summed E-state index contributed by atoms with van der Waals surface area (Å²) in [5, 5.41) is 6.73. The van der Waals surface area contributed by atoms with E-state index in [4.69, 9.17) is 11.6 Å². The van der Waals surface area contributed by atoms with Crippen molar-refractivity contribution in [2.24, 2.45) is 0 Å². The van der Waals surface area contributed by atoms with Crippen LogP contribution in [0.2, 0.25) is 5.02 Å². The van der Waals surface area contributed by atoms with Crippen molar-refractivity contribution < 1.29 is 4.79 Å². The molecule has 1 fully saturated rings. The van der Waals surface area contributed by atoms with Crippen molar-refractivity contribution in [2.75, 3.05) is 30.3 Å². The Kier molecular flexibility index (Phi) is 6.53. The molecule has 0 radical (unpaired) electrons. The zero-order chi connectivity index (χ0) is 20.1. The van der Waals surface area contributed by atoms with E-state index in [1.807, 2.05) is 12.1 Å². The molecule has 2 aliphatic rings. The lowest BCUT2D eigenvalue weighted by Gasteiger charge is -2.26. The van der Waals surface area contributed by atoms with Crippen LogP contribution in [0, 0.1) is 0 Å². The van der Waals surface area contributed by atoms with E-state index in [0.29, 0.717) is 10.6 Å². The van der Waals surface area contributed by atoms with Crippen molar-refractivity contribution in [2.45, 2.75) is 38.5 Å². The van der Waals surface area contributed by atoms with E-state index in [9.17, 15) is 4.79 Å². The fourth-order valence-electron chi connectivity index (χ4n) is 4.07. The number of likely N-dealkylation sites (tertiary alicyclic amines) is 1. The second-order valence-electron chi connectivity index (χ2n) is 7.90. The number of fused-ring (bicyclic) bond motifs is 1. The highest BCUT2D eigenvalue weighted by Crippen LogP contribution is 2.33. The van der Waals surface area contributed by atoms with Crippen molar-refractivity contribution in [1.82, 2.24) is 4.90 Å². The Labute approximate surface area is 177 Å². The second kappa shape index (κ2) is 9.47. The highest BCUT2D eigenvalue weighted by molar-refractivity contribution is 6.34. The number of amides is 1. The lowest BCUT2D eigenvalue weighted by molar-refractivity contribution is -0.110. The molecule has 0 unspecified atom stereocenters. The van der Waals surface area contributed by atoms with E-state index in [2.05, 4.69) is 39.8 Å². The molecule has 0 aromatic heterocycles. The second-order valence-corrected chi connectivity index (χ2v) is 8.34. The summed E-state index contributed by atoms with van der Waals surface area (Å²) >= 11 is 6.08. The van der Waals surface area contributed by atoms with Gasteiger partial charge >= 0.3 is 0 Å². The minimum absolute atomic E-state index is 0.111. The van der Waals surface area contributed by atoms with Gasteiger partial charge in [-0.15, -0.1) is 0 Å². The highest BCUT2D eigenvalue weighted by atomic mass is 35.5. The first-order valence-electron chi connectivity index (χ1n) is 10.6. The maximum Gasteiger partial charge on any atom is 0.257 e. The van der Waals surface area contributed by atoms with Gasteiger partial charge in [0.05, 0.1) is 5.57 Å². The zero-order valence-electron chi connectivity index (χ0n) is 16.7. The summed E-state index contributed by atoms with van der Waals surface area (Å²) in [6.07, 6.45) is 9.50. The summed E-state index contributed by atoms with van der Waals surface area (Å²) in [6, 6.07) is 13.9. The minimum Gasteiger partial charge on any atom is -0.361 e. The molecule has 2 aliphatic heterocycles. The van der Waals surface area contributed by atoms with Crippen LogP contribution in [0.4, 0.5) is 11.4 Å². The molecule has 0 bridgehead atoms. The summed E-state index contributed by atoms with van der Waals surface area (Å²) < 4.78 is 0. The number of rotatable bonds is 7. The molecule has 152 valence electrons. The molecule has 29 heavy (non-hydrogen) atoms. The third kappa shape index (κ3) is 5.20. The van der Waals surface area contributed by atoms with Crippen LogP contribution in [0.5, 0.6) is 0 Å². The van der Waals surface area contributed by atoms with Crippen LogP contribution in [0.15, 0.2) is 48.7 Å². The number of aryl methyl sites for hydroxylation is 1. The first kappa shape index (κ1) is 20.0. The minimum atomic E-state index is -0.111. The van der Waals surface area contributed by atoms with Crippen molar-refractivity contribution in [3.05, 3.63) is 64.8 Å². The van der Waals surface area contributed by atoms with Gasteiger partial charge in [0.2, 0.25) is 0 Å². The zero-order valence-corrected chi connectivity index (χ0v) is 17.5. The molecular weight excluding hydrogens is 382 g/mol. The first-order valence-corrected chi connectivity index (χ1v) is 11.0. The number of nitrogens with zero attached hydrogens (tertiary/aromatic N) is 1. The van der Waals surface area contributed by atoms with E-state index in [1.54, 1.807) is 12.3 Å². The predicted octanol–water partition coefficient (Wildman–Crippen LogP) is 5.55. The molecule has 0 atom stereocenters. The third-order valence-corrected chi connectivity index (χ3v) is 5.98. The molecule has 2 N–H and O–H groups in total. The van der Waals surface area contributed by atoms with Crippen LogP contribution in [0.25, 0.3) is 5.57 Å². The van der Waals surface area contributed by atoms with Crippen LogP contribution in [0.3, 0.4) is 0 Å².